The number of benzene rings is 1. The van der Waals surface area contributed by atoms with E-state index in [0.717, 1.165) is 3.79 Å². The molecule has 0 aliphatic carbocycles. The lowest BCUT2D eigenvalue weighted by Gasteiger charge is -2.05. The van der Waals surface area contributed by atoms with E-state index in [1.54, 1.807) is 13.2 Å². The average Bonchev–Trinajstić information content (AvgIpc) is 2.83. The molecular weight excluding hydrogens is 348 g/mol. The lowest BCUT2D eigenvalue weighted by atomic mass is 10.1. The Morgan fingerprint density at radius 1 is 1.50 bits per heavy atom. The molecule has 0 unspecified atom stereocenters. The molecule has 2 aromatic rings. The largest absolute Gasteiger partial charge is 0.383 e. The fourth-order valence-electron chi connectivity index (χ4n) is 1.52. The number of amides is 1. The molecule has 9 heteroatoms. The minimum atomic E-state index is -0.539. The van der Waals surface area contributed by atoms with E-state index >= 15 is 0 Å². The summed E-state index contributed by atoms with van der Waals surface area (Å²) in [7, 11) is 1.58. The van der Waals surface area contributed by atoms with E-state index in [1.165, 1.54) is 29.5 Å². The van der Waals surface area contributed by atoms with Gasteiger partial charge in [-0.3, -0.25) is 20.2 Å². The van der Waals surface area contributed by atoms with Crippen LogP contribution in [-0.2, 0) is 0 Å². The summed E-state index contributed by atoms with van der Waals surface area (Å²) in [6, 6.07) is 4.23. The molecule has 1 heterocycles. The lowest BCUT2D eigenvalue weighted by molar-refractivity contribution is -0.384. The summed E-state index contributed by atoms with van der Waals surface area (Å²) in [5.41, 5.74) is 0.394. The zero-order chi connectivity index (χ0) is 14.7. The van der Waals surface area contributed by atoms with Crippen molar-refractivity contribution in [3.8, 4) is 0 Å². The van der Waals surface area contributed by atoms with Crippen molar-refractivity contribution in [2.24, 2.45) is 0 Å². The van der Waals surface area contributed by atoms with E-state index in [0.29, 0.717) is 10.8 Å². The molecule has 0 aliphatic rings. The molecule has 0 aliphatic heterocycles. The molecule has 1 aromatic carbocycles. The highest BCUT2D eigenvalue weighted by Crippen LogP contribution is 2.27. The number of nitrogens with zero attached hydrogens (tertiary/aromatic N) is 2. The molecule has 104 valence electrons. The third-order valence-electron chi connectivity index (χ3n) is 2.42. The van der Waals surface area contributed by atoms with Gasteiger partial charge < -0.3 is 5.32 Å². The van der Waals surface area contributed by atoms with E-state index < -0.39 is 10.8 Å². The van der Waals surface area contributed by atoms with Gasteiger partial charge in [0, 0.05) is 18.7 Å². The minimum absolute atomic E-state index is 0.152. The van der Waals surface area contributed by atoms with E-state index in [9.17, 15) is 14.9 Å². The van der Waals surface area contributed by atoms with Gasteiger partial charge in [-0.05, 0) is 28.1 Å². The van der Waals surface area contributed by atoms with Crippen LogP contribution >= 0.6 is 27.3 Å². The van der Waals surface area contributed by atoms with Gasteiger partial charge in [0.25, 0.3) is 11.6 Å². The highest BCUT2D eigenvalue weighted by molar-refractivity contribution is 9.11. The van der Waals surface area contributed by atoms with Crippen LogP contribution in [0.5, 0.6) is 0 Å². The third-order valence-corrected chi connectivity index (χ3v) is 3.82. The predicted octanol–water partition coefficient (Wildman–Crippen LogP) is 3.11. The summed E-state index contributed by atoms with van der Waals surface area (Å²) in [6.45, 7) is 0. The maximum Gasteiger partial charge on any atom is 0.293 e. The number of nitrogens with one attached hydrogen (secondary N) is 2. The number of halogens is 1. The summed E-state index contributed by atoms with van der Waals surface area (Å²) < 4.78 is 0.782. The molecule has 1 amide bonds. The molecule has 0 fully saturated rings. The molecule has 2 N–H and O–H groups in total. The monoisotopic (exact) mass is 356 g/mol. The van der Waals surface area contributed by atoms with Gasteiger partial charge in [-0.15, -0.1) is 0 Å². The molecule has 0 saturated heterocycles. The van der Waals surface area contributed by atoms with Crippen LogP contribution < -0.4 is 10.6 Å². The second-order valence-electron chi connectivity index (χ2n) is 3.66. The number of aromatic nitrogens is 1. The van der Waals surface area contributed by atoms with Crippen LogP contribution in [-0.4, -0.2) is 22.9 Å². The van der Waals surface area contributed by atoms with Gasteiger partial charge in [-0.1, -0.05) is 11.3 Å². The predicted molar refractivity (Wildman–Crippen MR) is 80.4 cm³/mol. The van der Waals surface area contributed by atoms with Crippen LogP contribution in [0.4, 0.5) is 16.5 Å². The molecule has 7 nitrogen and oxygen atoms in total. The first kappa shape index (κ1) is 14.4. The Hall–Kier alpha value is -2.00. The van der Waals surface area contributed by atoms with Crippen molar-refractivity contribution in [3.63, 3.8) is 0 Å². The Kier molecular flexibility index (Phi) is 4.30. The van der Waals surface area contributed by atoms with Crippen LogP contribution in [0.1, 0.15) is 10.4 Å². The molecule has 2 rings (SSSR count). The normalized spacial score (nSPS) is 10.1. The zero-order valence-electron chi connectivity index (χ0n) is 10.2. The Bertz CT molecular complexity index is 673. The SMILES string of the molecule is CNc1ccc(C(=O)Nc2ncc(Br)s2)cc1[N+](=O)[O-]. The second-order valence-corrected chi connectivity index (χ2v) is 6.07. The van der Waals surface area contributed by atoms with Crippen molar-refractivity contribution in [1.82, 2.24) is 4.98 Å². The van der Waals surface area contributed by atoms with E-state index in [2.05, 4.69) is 31.5 Å². The van der Waals surface area contributed by atoms with E-state index in [1.807, 2.05) is 0 Å². The first-order valence-electron chi connectivity index (χ1n) is 5.40. The summed E-state index contributed by atoms with van der Waals surface area (Å²) in [5.74, 6) is -0.447. The van der Waals surface area contributed by atoms with Crippen LogP contribution in [0.2, 0.25) is 0 Å². The van der Waals surface area contributed by atoms with E-state index in [-0.39, 0.29) is 11.3 Å². The third kappa shape index (κ3) is 3.11. The lowest BCUT2D eigenvalue weighted by Crippen LogP contribution is -2.12. The van der Waals surface area contributed by atoms with Gasteiger partial charge in [0.05, 0.1) is 14.9 Å². The number of anilines is 2. The number of nitro benzene ring substituents is 1. The Labute approximate surface area is 126 Å². The van der Waals surface area contributed by atoms with Crippen molar-refractivity contribution in [2.45, 2.75) is 0 Å². The number of carbonyl (C=O) groups is 1. The maximum absolute atomic E-state index is 12.0. The highest BCUT2D eigenvalue weighted by Gasteiger charge is 2.17. The number of nitro groups is 1. The van der Waals surface area contributed by atoms with Gasteiger partial charge >= 0.3 is 0 Å². The summed E-state index contributed by atoms with van der Waals surface area (Å²) >= 11 is 4.49. The van der Waals surface area contributed by atoms with Crippen molar-refractivity contribution < 1.29 is 9.72 Å². The number of hydrogen-bond acceptors (Lipinski definition) is 6. The van der Waals surface area contributed by atoms with Crippen molar-refractivity contribution in [3.05, 3.63) is 43.9 Å². The molecular formula is C11H9BrN4O3S. The minimum Gasteiger partial charge on any atom is -0.383 e. The fraction of sp³-hybridized carbons (Fsp3) is 0.0909. The Balaban J connectivity index is 2.26. The van der Waals surface area contributed by atoms with Gasteiger partial charge in [0.1, 0.15) is 5.69 Å². The fourth-order valence-corrected chi connectivity index (χ4v) is 2.62. The highest BCUT2D eigenvalue weighted by atomic mass is 79.9. The quantitative estimate of drug-likeness (QED) is 0.647. The number of thiazole rings is 1. The van der Waals surface area contributed by atoms with Gasteiger partial charge in [0.15, 0.2) is 5.13 Å². The average molecular weight is 357 g/mol. The van der Waals surface area contributed by atoms with Crippen molar-refractivity contribution in [1.29, 1.82) is 0 Å². The van der Waals surface area contributed by atoms with E-state index in [4.69, 9.17) is 0 Å². The second kappa shape index (κ2) is 5.97. The summed E-state index contributed by atoms with van der Waals surface area (Å²) in [6.07, 6.45) is 1.56. The molecule has 0 atom stereocenters. The Morgan fingerprint density at radius 3 is 2.80 bits per heavy atom. The van der Waals surface area contributed by atoms with Gasteiger partial charge in [-0.25, -0.2) is 4.98 Å². The molecule has 0 bridgehead atoms. The maximum atomic E-state index is 12.0. The molecule has 0 spiro atoms. The van der Waals surface area contributed by atoms with Crippen LogP contribution in [0, 0.1) is 10.1 Å². The zero-order valence-corrected chi connectivity index (χ0v) is 12.6. The molecule has 0 radical (unpaired) electrons. The molecule has 1 aromatic heterocycles. The standard InChI is InChI=1S/C11H9BrN4O3S/c1-13-7-3-2-6(4-8(7)16(18)19)10(17)15-11-14-5-9(12)20-11/h2-5,13H,1H3,(H,14,15,17). The number of hydrogen-bond donors (Lipinski definition) is 2. The van der Waals surface area contributed by atoms with Gasteiger partial charge in [0.2, 0.25) is 0 Å². The van der Waals surface area contributed by atoms with Crippen LogP contribution in [0.25, 0.3) is 0 Å². The topological polar surface area (TPSA) is 97.2 Å². The van der Waals surface area contributed by atoms with Crippen LogP contribution in [0.15, 0.2) is 28.2 Å². The molecule has 20 heavy (non-hydrogen) atoms. The number of carbonyl (C=O) groups excluding carboxylic acids is 1. The smallest absolute Gasteiger partial charge is 0.293 e. The Morgan fingerprint density at radius 2 is 2.25 bits per heavy atom. The molecule has 0 saturated carbocycles. The van der Waals surface area contributed by atoms with Crippen molar-refractivity contribution >= 4 is 49.7 Å². The van der Waals surface area contributed by atoms with Gasteiger partial charge in [-0.2, -0.15) is 0 Å². The van der Waals surface area contributed by atoms with Crippen molar-refractivity contribution in [2.75, 3.05) is 17.7 Å². The summed E-state index contributed by atoms with van der Waals surface area (Å²) in [5, 5.41) is 16.6. The van der Waals surface area contributed by atoms with Crippen LogP contribution in [0.3, 0.4) is 0 Å². The number of rotatable bonds is 4. The summed E-state index contributed by atoms with van der Waals surface area (Å²) in [4.78, 5) is 26.4. The first-order chi connectivity index (χ1) is 9.51. The first-order valence-corrected chi connectivity index (χ1v) is 7.01.